The molecule has 0 N–H and O–H groups in total. The molecule has 36 heavy (non-hydrogen) atoms. The summed E-state index contributed by atoms with van der Waals surface area (Å²) >= 11 is 0. The molecule has 4 aliphatic rings. The molecule has 0 spiro atoms. The van der Waals surface area contributed by atoms with Gasteiger partial charge in [-0.15, -0.1) is 0 Å². The third-order valence-corrected chi connectivity index (χ3v) is 11.6. The average Bonchev–Trinajstić information content (AvgIpc) is 3.23. The van der Waals surface area contributed by atoms with Crippen molar-refractivity contribution in [3.05, 3.63) is 0 Å². The Hall–Kier alpha value is -0.980. The molecule has 0 heterocycles. The summed E-state index contributed by atoms with van der Waals surface area (Å²) in [6.07, 6.45) is 11.5. The van der Waals surface area contributed by atoms with Gasteiger partial charge in [0.1, 0.15) is 0 Å². The highest BCUT2D eigenvalue weighted by Crippen LogP contribution is 2.70. The van der Waals surface area contributed by atoms with Gasteiger partial charge in [0.15, 0.2) is 0 Å². The van der Waals surface area contributed by atoms with Gasteiger partial charge in [-0.1, -0.05) is 47.0 Å². The molecule has 0 unspecified atom stereocenters. The normalized spacial score (nSPS) is 42.8. The highest BCUT2D eigenvalue weighted by molar-refractivity contribution is 6.33. The van der Waals surface area contributed by atoms with Crippen molar-refractivity contribution in [2.45, 2.75) is 104 Å². The Kier molecular flexibility index (Phi) is 8.58. The second-order valence-corrected chi connectivity index (χ2v) is 12.9. The standard InChI is InChI=1S/C30H50O6/c1-8-19-21-11-9-10-15-29(21,3)23-14-16-30(4)20(18(2)17-24(31)27(32)33-5)12-13-22(30)25(23)26(19)36-28(34-6)35-7/h18-23,25-26,28H,8-17H2,1-7H3/t18-,19-,20-,21+,22+,23+,25+,26-,29+,30-/m1/s1. The molecular formula is C30H50O6. The van der Waals surface area contributed by atoms with Gasteiger partial charge < -0.3 is 18.9 Å². The van der Waals surface area contributed by atoms with E-state index in [1.54, 1.807) is 14.2 Å². The molecule has 0 saturated heterocycles. The molecule has 4 aliphatic carbocycles. The van der Waals surface area contributed by atoms with E-state index in [1.165, 1.54) is 52.1 Å². The van der Waals surface area contributed by atoms with Crippen LogP contribution in [0.5, 0.6) is 0 Å². The van der Waals surface area contributed by atoms with Gasteiger partial charge >= 0.3 is 5.97 Å². The Balaban J connectivity index is 1.67. The molecule has 0 aromatic rings. The molecule has 10 atom stereocenters. The highest BCUT2D eigenvalue weighted by Gasteiger charge is 2.65. The summed E-state index contributed by atoms with van der Waals surface area (Å²) in [5.41, 5.74) is 0.509. The first-order valence-corrected chi connectivity index (χ1v) is 14.5. The van der Waals surface area contributed by atoms with Crippen molar-refractivity contribution in [1.29, 1.82) is 0 Å². The van der Waals surface area contributed by atoms with Gasteiger partial charge in [-0.05, 0) is 90.8 Å². The molecule has 0 radical (unpaired) electrons. The van der Waals surface area contributed by atoms with Crippen molar-refractivity contribution in [2.24, 2.45) is 52.3 Å². The maximum absolute atomic E-state index is 12.4. The largest absolute Gasteiger partial charge is 0.463 e. The molecule has 0 amide bonds. The van der Waals surface area contributed by atoms with E-state index < -0.39 is 18.2 Å². The van der Waals surface area contributed by atoms with Crippen LogP contribution in [0.2, 0.25) is 0 Å². The first-order valence-electron chi connectivity index (χ1n) is 14.5. The van der Waals surface area contributed by atoms with Crippen molar-refractivity contribution in [1.82, 2.24) is 0 Å². The quantitative estimate of drug-likeness (QED) is 0.217. The number of carbonyl (C=O) groups is 2. The van der Waals surface area contributed by atoms with Crippen molar-refractivity contribution in [2.75, 3.05) is 21.3 Å². The number of rotatable bonds is 9. The minimum Gasteiger partial charge on any atom is -0.463 e. The average molecular weight is 507 g/mol. The van der Waals surface area contributed by atoms with E-state index in [0.29, 0.717) is 40.9 Å². The molecule has 0 aromatic heterocycles. The lowest BCUT2D eigenvalue weighted by Crippen LogP contribution is -2.62. The number of ketones is 1. The van der Waals surface area contributed by atoms with E-state index >= 15 is 0 Å². The van der Waals surface area contributed by atoms with Gasteiger partial charge in [0, 0.05) is 20.6 Å². The Bertz CT molecular complexity index is 794. The Labute approximate surface area is 218 Å². The van der Waals surface area contributed by atoms with E-state index in [4.69, 9.17) is 18.9 Å². The van der Waals surface area contributed by atoms with Crippen LogP contribution >= 0.6 is 0 Å². The zero-order valence-electron chi connectivity index (χ0n) is 23.7. The molecule has 0 aliphatic heterocycles. The fourth-order valence-electron chi connectivity index (χ4n) is 10.1. The number of fused-ring (bicyclic) bond motifs is 5. The van der Waals surface area contributed by atoms with E-state index in [0.717, 1.165) is 12.8 Å². The summed E-state index contributed by atoms with van der Waals surface area (Å²) in [6, 6.07) is 0. The third kappa shape index (κ3) is 4.58. The third-order valence-electron chi connectivity index (χ3n) is 11.6. The van der Waals surface area contributed by atoms with Gasteiger partial charge in [0.25, 0.3) is 6.48 Å². The monoisotopic (exact) mass is 506 g/mol. The predicted molar refractivity (Wildman–Crippen MR) is 138 cm³/mol. The fraction of sp³-hybridized carbons (Fsp3) is 0.933. The van der Waals surface area contributed by atoms with Crippen LogP contribution in [0.15, 0.2) is 0 Å². The molecule has 0 aromatic carbocycles. The van der Waals surface area contributed by atoms with Crippen LogP contribution < -0.4 is 0 Å². The molecule has 4 saturated carbocycles. The zero-order valence-corrected chi connectivity index (χ0v) is 23.7. The molecule has 4 rings (SSSR count). The van der Waals surface area contributed by atoms with Gasteiger partial charge in [0.05, 0.1) is 13.2 Å². The van der Waals surface area contributed by atoms with Crippen molar-refractivity contribution < 1.29 is 28.5 Å². The second-order valence-electron chi connectivity index (χ2n) is 12.9. The van der Waals surface area contributed by atoms with Crippen LogP contribution in [-0.4, -0.2) is 45.7 Å². The van der Waals surface area contributed by atoms with E-state index in [9.17, 15) is 9.59 Å². The topological polar surface area (TPSA) is 71.1 Å². The number of methoxy groups -OCH3 is 3. The number of ether oxygens (including phenoxy) is 4. The highest BCUT2D eigenvalue weighted by atomic mass is 16.8. The minimum atomic E-state index is -0.710. The van der Waals surface area contributed by atoms with E-state index in [2.05, 4.69) is 27.7 Å². The molecule has 0 bridgehead atoms. The summed E-state index contributed by atoms with van der Waals surface area (Å²) in [6.45, 7) is 8.94. The van der Waals surface area contributed by atoms with Crippen LogP contribution in [0.4, 0.5) is 0 Å². The summed E-state index contributed by atoms with van der Waals surface area (Å²) in [7, 11) is 4.62. The lowest BCUT2D eigenvalue weighted by Gasteiger charge is -2.65. The number of carbonyl (C=O) groups excluding carboxylic acids is 2. The Morgan fingerprint density at radius 1 is 0.889 bits per heavy atom. The maximum atomic E-state index is 12.4. The van der Waals surface area contributed by atoms with Crippen LogP contribution in [0.25, 0.3) is 0 Å². The number of hydrogen-bond donors (Lipinski definition) is 0. The van der Waals surface area contributed by atoms with Crippen molar-refractivity contribution >= 4 is 11.8 Å². The summed E-state index contributed by atoms with van der Waals surface area (Å²) in [5, 5.41) is 0. The SMILES string of the molecule is CC[C@H]1[C@@H](OC(OC)OC)[C@@H]2[C@H](CC[C@]3(C)[C@@H]([C@H](C)CC(=O)C(=O)OC)CC[C@@H]23)[C@@]2(C)CCCC[C@@H]12. The van der Waals surface area contributed by atoms with E-state index in [1.807, 2.05) is 0 Å². The Morgan fingerprint density at radius 3 is 2.22 bits per heavy atom. The first-order chi connectivity index (χ1) is 17.2. The summed E-state index contributed by atoms with van der Waals surface area (Å²) < 4.78 is 22.6. The zero-order chi connectivity index (χ0) is 26.3. The van der Waals surface area contributed by atoms with Crippen LogP contribution in [0, 0.1) is 52.3 Å². The van der Waals surface area contributed by atoms with Crippen molar-refractivity contribution in [3.63, 3.8) is 0 Å². The molecule has 6 nitrogen and oxygen atoms in total. The maximum Gasteiger partial charge on any atom is 0.374 e. The lowest BCUT2D eigenvalue weighted by molar-refractivity contribution is -0.325. The van der Waals surface area contributed by atoms with Crippen molar-refractivity contribution in [3.8, 4) is 0 Å². The van der Waals surface area contributed by atoms with Crippen LogP contribution in [0.1, 0.15) is 91.9 Å². The van der Waals surface area contributed by atoms with E-state index in [-0.39, 0.29) is 23.9 Å². The summed E-state index contributed by atoms with van der Waals surface area (Å²) in [4.78, 5) is 24.3. The first kappa shape index (κ1) is 28.0. The van der Waals surface area contributed by atoms with Crippen LogP contribution in [-0.2, 0) is 28.5 Å². The number of esters is 1. The Morgan fingerprint density at radius 2 is 1.58 bits per heavy atom. The van der Waals surface area contributed by atoms with Gasteiger partial charge in [-0.3, -0.25) is 4.79 Å². The molecular weight excluding hydrogens is 456 g/mol. The second kappa shape index (κ2) is 11.0. The lowest BCUT2D eigenvalue weighted by atomic mass is 9.41. The van der Waals surface area contributed by atoms with Gasteiger partial charge in [-0.25, -0.2) is 4.79 Å². The minimum absolute atomic E-state index is 0.122. The van der Waals surface area contributed by atoms with Gasteiger partial charge in [0.2, 0.25) is 5.78 Å². The smallest absolute Gasteiger partial charge is 0.374 e. The van der Waals surface area contributed by atoms with Gasteiger partial charge in [-0.2, -0.15) is 0 Å². The van der Waals surface area contributed by atoms with Crippen LogP contribution in [0.3, 0.4) is 0 Å². The number of hydrogen-bond acceptors (Lipinski definition) is 6. The molecule has 206 valence electrons. The molecule has 6 heteroatoms. The summed E-state index contributed by atoms with van der Waals surface area (Å²) in [5.74, 6) is 2.34. The fourth-order valence-corrected chi connectivity index (χ4v) is 10.1. The number of Topliss-reactive ketones (excluding diaryl/α,β-unsaturated/α-hetero) is 1. The molecule has 4 fully saturated rings. The predicted octanol–water partition coefficient (Wildman–Crippen LogP) is 6.01.